The van der Waals surface area contributed by atoms with Gasteiger partial charge in [-0.1, -0.05) is 84.0 Å². The minimum atomic E-state index is -0.450. The van der Waals surface area contributed by atoms with Crippen LogP contribution in [0.4, 0.5) is 4.39 Å². The van der Waals surface area contributed by atoms with Gasteiger partial charge in [0.1, 0.15) is 22.9 Å². The van der Waals surface area contributed by atoms with Crippen LogP contribution in [0.1, 0.15) is 0 Å². The van der Waals surface area contributed by atoms with E-state index in [4.69, 9.17) is 16.0 Å². The van der Waals surface area contributed by atoms with Crippen molar-refractivity contribution in [2.45, 2.75) is 9.92 Å². The number of hydrogen-bond acceptors (Lipinski definition) is 4. The fraction of sp³-hybridized carbons (Fsp3) is 0. The van der Waals surface area contributed by atoms with Crippen LogP contribution in [0, 0.1) is 5.82 Å². The first-order chi connectivity index (χ1) is 14.7. The first-order valence-electron chi connectivity index (χ1n) is 9.22. The van der Waals surface area contributed by atoms with Crippen LogP contribution < -0.4 is 0 Å². The van der Waals surface area contributed by atoms with Crippen molar-refractivity contribution in [2.24, 2.45) is 0 Å². The Morgan fingerprint density at radius 3 is 2.23 bits per heavy atom. The standard InChI is InChI=1S/C24H14ClFN2OS/c25-18-13-17(11-12-19(18)26)30-24-21-20(15-7-3-1-4-8-15)22(16-9-5-2-6-10-16)29-23(21)27-14-28-24/h1-14H. The molecule has 2 heterocycles. The summed E-state index contributed by atoms with van der Waals surface area (Å²) in [5.41, 5.74) is 3.38. The molecule has 6 heteroatoms. The summed E-state index contributed by atoms with van der Waals surface area (Å²) in [5, 5.41) is 1.60. The van der Waals surface area contributed by atoms with Gasteiger partial charge in [-0.25, -0.2) is 14.4 Å². The summed E-state index contributed by atoms with van der Waals surface area (Å²) in [7, 11) is 0. The highest BCUT2D eigenvalue weighted by Crippen LogP contribution is 2.44. The summed E-state index contributed by atoms with van der Waals surface area (Å²) in [6, 6.07) is 24.6. The predicted octanol–water partition coefficient (Wildman–Crippen LogP) is 7.50. The van der Waals surface area contributed by atoms with Crippen LogP contribution in [0.3, 0.4) is 0 Å². The van der Waals surface area contributed by atoms with Gasteiger partial charge in [0.25, 0.3) is 0 Å². The topological polar surface area (TPSA) is 38.9 Å². The number of fused-ring (bicyclic) bond motifs is 1. The van der Waals surface area contributed by atoms with Crippen molar-refractivity contribution < 1.29 is 8.81 Å². The van der Waals surface area contributed by atoms with Crippen LogP contribution >= 0.6 is 23.4 Å². The van der Waals surface area contributed by atoms with Crippen LogP contribution in [-0.2, 0) is 0 Å². The van der Waals surface area contributed by atoms with E-state index in [2.05, 4.69) is 9.97 Å². The second-order valence-corrected chi connectivity index (χ2v) is 8.04. The molecule has 3 aromatic carbocycles. The normalized spacial score (nSPS) is 11.1. The van der Waals surface area contributed by atoms with E-state index in [1.807, 2.05) is 60.7 Å². The van der Waals surface area contributed by atoms with Crippen LogP contribution in [0.5, 0.6) is 0 Å². The molecule has 0 amide bonds. The van der Waals surface area contributed by atoms with Gasteiger partial charge < -0.3 is 4.42 Å². The largest absolute Gasteiger partial charge is 0.437 e. The zero-order chi connectivity index (χ0) is 20.5. The van der Waals surface area contributed by atoms with Gasteiger partial charge in [-0.3, -0.25) is 0 Å². The maximum Gasteiger partial charge on any atom is 0.231 e. The maximum atomic E-state index is 13.6. The van der Waals surface area contributed by atoms with E-state index in [0.29, 0.717) is 10.7 Å². The molecule has 30 heavy (non-hydrogen) atoms. The van der Waals surface area contributed by atoms with Crippen LogP contribution in [-0.4, -0.2) is 9.97 Å². The maximum absolute atomic E-state index is 13.6. The average Bonchev–Trinajstić information content (AvgIpc) is 3.18. The fourth-order valence-electron chi connectivity index (χ4n) is 3.31. The summed E-state index contributed by atoms with van der Waals surface area (Å²) in [6.07, 6.45) is 1.48. The molecular formula is C24H14ClFN2OS. The Hall–Kier alpha value is -3.15. The zero-order valence-electron chi connectivity index (χ0n) is 15.5. The highest BCUT2D eigenvalue weighted by atomic mass is 35.5. The molecule has 0 atom stereocenters. The van der Waals surface area contributed by atoms with Gasteiger partial charge in [0.2, 0.25) is 5.71 Å². The van der Waals surface area contributed by atoms with E-state index >= 15 is 0 Å². The zero-order valence-corrected chi connectivity index (χ0v) is 17.1. The smallest absolute Gasteiger partial charge is 0.231 e. The summed E-state index contributed by atoms with van der Waals surface area (Å²) in [6.45, 7) is 0. The van der Waals surface area contributed by atoms with E-state index in [-0.39, 0.29) is 5.02 Å². The molecule has 0 bridgehead atoms. The Labute approximate surface area is 181 Å². The van der Waals surface area contributed by atoms with Crippen molar-refractivity contribution in [3.05, 3.63) is 96.0 Å². The Kier molecular flexibility index (Phi) is 4.99. The van der Waals surface area contributed by atoms with Crippen molar-refractivity contribution >= 4 is 34.5 Å². The van der Waals surface area contributed by atoms with Crippen LogP contribution in [0.15, 0.2) is 99.5 Å². The van der Waals surface area contributed by atoms with Crippen molar-refractivity contribution in [2.75, 3.05) is 0 Å². The number of benzene rings is 3. The predicted molar refractivity (Wildman–Crippen MR) is 118 cm³/mol. The molecule has 0 spiro atoms. The lowest BCUT2D eigenvalue weighted by molar-refractivity contribution is 0.617. The Morgan fingerprint density at radius 2 is 1.53 bits per heavy atom. The molecule has 0 aliphatic heterocycles. The average molecular weight is 433 g/mol. The number of rotatable bonds is 4. The highest BCUT2D eigenvalue weighted by Gasteiger charge is 2.22. The molecule has 0 saturated carbocycles. The van der Waals surface area contributed by atoms with Gasteiger partial charge >= 0.3 is 0 Å². The molecule has 5 aromatic rings. The third kappa shape index (κ3) is 3.47. The van der Waals surface area contributed by atoms with Gasteiger partial charge in [-0.2, -0.15) is 0 Å². The number of nitrogens with zero attached hydrogens (tertiary/aromatic N) is 2. The monoisotopic (exact) mass is 432 g/mol. The highest BCUT2D eigenvalue weighted by molar-refractivity contribution is 7.99. The molecule has 3 nitrogen and oxygen atoms in total. The number of hydrogen-bond donors (Lipinski definition) is 0. The first-order valence-corrected chi connectivity index (χ1v) is 10.4. The first kappa shape index (κ1) is 18.9. The van der Waals surface area contributed by atoms with Crippen LogP contribution in [0.25, 0.3) is 33.6 Å². The minimum absolute atomic E-state index is 0.0748. The lowest BCUT2D eigenvalue weighted by Gasteiger charge is -2.06. The molecule has 0 N–H and O–H groups in total. The molecule has 2 aromatic heterocycles. The van der Waals surface area contributed by atoms with E-state index in [0.717, 1.165) is 32.7 Å². The lowest BCUT2D eigenvalue weighted by atomic mass is 10.00. The third-order valence-electron chi connectivity index (χ3n) is 4.66. The molecule has 0 saturated heterocycles. The third-order valence-corrected chi connectivity index (χ3v) is 5.94. The minimum Gasteiger partial charge on any atom is -0.437 e. The van der Waals surface area contributed by atoms with Gasteiger partial charge in [0.05, 0.1) is 10.4 Å². The van der Waals surface area contributed by atoms with Gasteiger partial charge in [0, 0.05) is 16.0 Å². The summed E-state index contributed by atoms with van der Waals surface area (Å²) < 4.78 is 19.8. The molecule has 0 aliphatic rings. The lowest BCUT2D eigenvalue weighted by Crippen LogP contribution is -1.87. The molecular weight excluding hydrogens is 419 g/mol. The van der Waals surface area contributed by atoms with E-state index in [1.165, 1.54) is 24.2 Å². The molecule has 5 rings (SSSR count). The Balaban J connectivity index is 1.75. The van der Waals surface area contributed by atoms with E-state index < -0.39 is 5.82 Å². The van der Waals surface area contributed by atoms with Gasteiger partial charge in [-0.15, -0.1) is 0 Å². The number of halogens is 2. The SMILES string of the molecule is Fc1ccc(Sc2ncnc3oc(-c4ccccc4)c(-c4ccccc4)c23)cc1Cl. The Morgan fingerprint density at radius 1 is 0.833 bits per heavy atom. The second kappa shape index (κ2) is 7.94. The van der Waals surface area contributed by atoms with Crippen molar-refractivity contribution in [3.8, 4) is 22.5 Å². The van der Waals surface area contributed by atoms with Crippen molar-refractivity contribution in [1.29, 1.82) is 0 Å². The summed E-state index contributed by atoms with van der Waals surface area (Å²) in [4.78, 5) is 9.65. The summed E-state index contributed by atoms with van der Waals surface area (Å²) >= 11 is 7.37. The molecule has 0 unspecified atom stereocenters. The van der Waals surface area contributed by atoms with Crippen molar-refractivity contribution in [3.63, 3.8) is 0 Å². The van der Waals surface area contributed by atoms with Gasteiger partial charge in [-0.05, 0) is 23.8 Å². The number of aromatic nitrogens is 2. The number of furan rings is 1. The van der Waals surface area contributed by atoms with E-state index in [1.54, 1.807) is 12.1 Å². The summed E-state index contributed by atoms with van der Waals surface area (Å²) in [5.74, 6) is 0.282. The van der Waals surface area contributed by atoms with Crippen LogP contribution in [0.2, 0.25) is 5.02 Å². The fourth-order valence-corrected chi connectivity index (χ4v) is 4.48. The molecule has 0 aliphatic carbocycles. The van der Waals surface area contributed by atoms with E-state index in [9.17, 15) is 4.39 Å². The van der Waals surface area contributed by atoms with Crippen molar-refractivity contribution in [1.82, 2.24) is 9.97 Å². The Bertz CT molecular complexity index is 1340. The quantitative estimate of drug-likeness (QED) is 0.275. The van der Waals surface area contributed by atoms with Gasteiger partial charge in [0.15, 0.2) is 0 Å². The molecule has 0 radical (unpaired) electrons. The molecule has 0 fully saturated rings. The molecule has 146 valence electrons. The second-order valence-electron chi connectivity index (χ2n) is 6.58.